The van der Waals surface area contributed by atoms with Crippen molar-refractivity contribution in [2.24, 2.45) is 13.0 Å². The molecule has 2 rings (SSSR count). The molecule has 1 aromatic carbocycles. The average Bonchev–Trinajstić information content (AvgIpc) is 3.23. The maximum atomic E-state index is 13.0. The van der Waals surface area contributed by atoms with Gasteiger partial charge in [0.1, 0.15) is 5.82 Å². The molecule has 2 N–H and O–H groups in total. The van der Waals surface area contributed by atoms with E-state index in [4.69, 9.17) is 0 Å². The average molecular weight is 536 g/mol. The zero-order valence-corrected chi connectivity index (χ0v) is 24.1. The Bertz CT molecular complexity index is 1050. The molecule has 11 heteroatoms. The van der Waals surface area contributed by atoms with E-state index in [1.165, 1.54) is 0 Å². The molecule has 1 heterocycles. The summed E-state index contributed by atoms with van der Waals surface area (Å²) in [6.07, 6.45) is 1.76. The lowest BCUT2D eigenvalue weighted by Crippen LogP contribution is -2.39. The molecular weight excluding hydrogens is 490 g/mol. The third kappa shape index (κ3) is 10.8. The highest BCUT2D eigenvalue weighted by Gasteiger charge is 2.25. The van der Waals surface area contributed by atoms with Crippen LogP contribution >= 0.6 is 0 Å². The van der Waals surface area contributed by atoms with Crippen LogP contribution in [0.4, 0.5) is 4.79 Å². The summed E-state index contributed by atoms with van der Waals surface area (Å²) in [6, 6.07) is 9.19. The molecule has 0 aliphatic heterocycles. The van der Waals surface area contributed by atoms with Crippen LogP contribution in [0.1, 0.15) is 63.8 Å². The number of hydrogen-bond donors (Lipinski definition) is 2. The second kappa shape index (κ2) is 15.0. The molecule has 0 saturated heterocycles. The van der Waals surface area contributed by atoms with E-state index in [2.05, 4.69) is 38.9 Å². The summed E-state index contributed by atoms with van der Waals surface area (Å²) in [4.78, 5) is 20.8. The summed E-state index contributed by atoms with van der Waals surface area (Å²) in [5, 5.41) is 7.43. The molecule has 0 aliphatic carbocycles. The van der Waals surface area contributed by atoms with Gasteiger partial charge in [0.25, 0.3) is 0 Å². The Labute approximate surface area is 222 Å². The molecule has 0 saturated carbocycles. The molecule has 37 heavy (non-hydrogen) atoms. The molecule has 1 atom stereocenters. The number of amides is 2. The minimum absolute atomic E-state index is 0.0454. The summed E-state index contributed by atoms with van der Waals surface area (Å²) in [7, 11) is -0.0752. The summed E-state index contributed by atoms with van der Waals surface area (Å²) >= 11 is 0. The minimum Gasteiger partial charge on any atom is -0.338 e. The Kier molecular flexibility index (Phi) is 12.5. The summed E-state index contributed by atoms with van der Waals surface area (Å²) < 4.78 is 30.5. The van der Waals surface area contributed by atoms with Crippen LogP contribution in [0.5, 0.6) is 0 Å². The lowest BCUT2D eigenvalue weighted by Gasteiger charge is -2.19. The quantitative estimate of drug-likeness (QED) is 0.342. The summed E-state index contributed by atoms with van der Waals surface area (Å²) in [5.74, 6) is 1.40. The second-order valence-corrected chi connectivity index (χ2v) is 11.7. The molecule has 1 aromatic heterocycles. The standard InChI is InChI=1S/C26H45N7O3S/c1-7-33(8-2)17-12-18-37(35,36)30-23(16-15-22-13-10-9-11-14-22)25-28-24(32(6)29-25)20-31(5)26(34)27-19-21(3)4/h9-11,13-14,21,23,30H,7-8,12,15-20H2,1-6H3,(H,27,34)/t23-/m1/s1. The fourth-order valence-electron chi connectivity index (χ4n) is 3.92. The van der Waals surface area contributed by atoms with Gasteiger partial charge in [-0.15, -0.1) is 0 Å². The maximum absolute atomic E-state index is 13.0. The molecule has 2 amide bonds. The first-order valence-electron chi connectivity index (χ1n) is 13.2. The van der Waals surface area contributed by atoms with Crippen molar-refractivity contribution >= 4 is 16.1 Å². The van der Waals surface area contributed by atoms with Crippen molar-refractivity contribution in [3.63, 3.8) is 0 Å². The molecule has 0 aliphatic rings. The number of aromatic nitrogens is 3. The fourth-order valence-corrected chi connectivity index (χ4v) is 5.21. The SMILES string of the molecule is CCN(CC)CCCS(=O)(=O)N[C@H](CCc1ccccc1)c1nc(CN(C)C(=O)NCC(C)C)n(C)n1. The first-order valence-corrected chi connectivity index (χ1v) is 14.8. The van der Waals surface area contributed by atoms with E-state index in [0.717, 1.165) is 25.2 Å². The van der Waals surface area contributed by atoms with Gasteiger partial charge in [-0.3, -0.25) is 4.68 Å². The number of rotatable bonds is 16. The Morgan fingerprint density at radius 1 is 1.14 bits per heavy atom. The molecule has 10 nitrogen and oxygen atoms in total. The van der Waals surface area contributed by atoms with E-state index >= 15 is 0 Å². The summed E-state index contributed by atoms with van der Waals surface area (Å²) in [5.41, 5.74) is 1.12. The van der Waals surface area contributed by atoms with Crippen molar-refractivity contribution in [2.75, 3.05) is 39.0 Å². The molecule has 0 bridgehead atoms. The van der Waals surface area contributed by atoms with Gasteiger partial charge in [-0.05, 0) is 50.4 Å². The third-order valence-corrected chi connectivity index (χ3v) is 7.71. The second-order valence-electron chi connectivity index (χ2n) is 9.84. The summed E-state index contributed by atoms with van der Waals surface area (Å²) in [6.45, 7) is 11.6. The first-order chi connectivity index (χ1) is 17.5. The highest BCUT2D eigenvalue weighted by atomic mass is 32.2. The van der Waals surface area contributed by atoms with E-state index in [-0.39, 0.29) is 18.3 Å². The normalized spacial score (nSPS) is 12.8. The van der Waals surface area contributed by atoms with Gasteiger partial charge in [0.05, 0.1) is 18.3 Å². The number of carbonyl (C=O) groups is 1. The van der Waals surface area contributed by atoms with Gasteiger partial charge in [-0.1, -0.05) is 58.0 Å². The maximum Gasteiger partial charge on any atom is 0.317 e. The van der Waals surface area contributed by atoms with Gasteiger partial charge in [0.15, 0.2) is 5.82 Å². The number of aryl methyl sites for hydroxylation is 2. The first kappa shape index (κ1) is 30.7. The van der Waals surface area contributed by atoms with Crippen LogP contribution in [0.25, 0.3) is 0 Å². The van der Waals surface area contributed by atoms with Crippen molar-refractivity contribution in [3.8, 4) is 0 Å². The topological polar surface area (TPSA) is 112 Å². The predicted octanol–water partition coefficient (Wildman–Crippen LogP) is 2.94. The Balaban J connectivity index is 2.15. The number of hydrogen-bond acceptors (Lipinski definition) is 6. The lowest BCUT2D eigenvalue weighted by molar-refractivity contribution is 0.204. The molecule has 0 fully saturated rings. The number of nitrogens with one attached hydrogen (secondary N) is 2. The van der Waals surface area contributed by atoms with E-state index in [1.54, 1.807) is 23.7 Å². The van der Waals surface area contributed by atoms with E-state index < -0.39 is 16.1 Å². The molecular formula is C26H45N7O3S. The van der Waals surface area contributed by atoms with Crippen molar-refractivity contribution in [2.45, 2.75) is 59.5 Å². The number of nitrogens with zero attached hydrogens (tertiary/aromatic N) is 5. The van der Waals surface area contributed by atoms with Gasteiger partial charge in [0.2, 0.25) is 10.0 Å². The third-order valence-electron chi connectivity index (χ3n) is 6.24. The van der Waals surface area contributed by atoms with Gasteiger partial charge >= 0.3 is 6.03 Å². The Hall–Kier alpha value is -2.50. The fraction of sp³-hybridized carbons (Fsp3) is 0.654. The van der Waals surface area contributed by atoms with Crippen LogP contribution in [0.15, 0.2) is 30.3 Å². The van der Waals surface area contributed by atoms with Crippen LogP contribution in [-0.2, 0) is 30.0 Å². The molecule has 2 aromatic rings. The van der Waals surface area contributed by atoms with Crippen LogP contribution in [0.2, 0.25) is 0 Å². The van der Waals surface area contributed by atoms with E-state index in [9.17, 15) is 13.2 Å². The van der Waals surface area contributed by atoms with Gasteiger partial charge in [0, 0.05) is 20.6 Å². The smallest absolute Gasteiger partial charge is 0.317 e. The van der Waals surface area contributed by atoms with Crippen LogP contribution in [0, 0.1) is 5.92 Å². The van der Waals surface area contributed by atoms with Gasteiger partial charge in [-0.2, -0.15) is 5.10 Å². The number of sulfonamides is 1. The van der Waals surface area contributed by atoms with E-state index in [0.29, 0.717) is 43.4 Å². The van der Waals surface area contributed by atoms with E-state index in [1.807, 2.05) is 44.2 Å². The van der Waals surface area contributed by atoms with Crippen molar-refractivity contribution in [1.82, 2.24) is 34.6 Å². The zero-order chi connectivity index (χ0) is 27.4. The molecule has 0 unspecified atom stereocenters. The predicted molar refractivity (Wildman–Crippen MR) is 148 cm³/mol. The molecule has 0 spiro atoms. The van der Waals surface area contributed by atoms with Crippen molar-refractivity contribution in [1.29, 1.82) is 0 Å². The highest BCUT2D eigenvalue weighted by Crippen LogP contribution is 2.19. The van der Waals surface area contributed by atoms with Crippen LogP contribution in [0.3, 0.4) is 0 Å². The molecule has 208 valence electrons. The highest BCUT2D eigenvalue weighted by molar-refractivity contribution is 7.89. The lowest BCUT2D eigenvalue weighted by atomic mass is 10.1. The van der Waals surface area contributed by atoms with Crippen LogP contribution < -0.4 is 10.0 Å². The van der Waals surface area contributed by atoms with Gasteiger partial charge in [-0.25, -0.2) is 22.9 Å². The Morgan fingerprint density at radius 3 is 2.43 bits per heavy atom. The number of urea groups is 1. The Morgan fingerprint density at radius 2 is 1.81 bits per heavy atom. The largest absolute Gasteiger partial charge is 0.338 e. The number of benzene rings is 1. The minimum atomic E-state index is -3.54. The number of carbonyl (C=O) groups excluding carboxylic acids is 1. The van der Waals surface area contributed by atoms with Crippen LogP contribution in [-0.4, -0.2) is 78.0 Å². The van der Waals surface area contributed by atoms with Crippen molar-refractivity contribution < 1.29 is 13.2 Å². The van der Waals surface area contributed by atoms with Crippen molar-refractivity contribution in [3.05, 3.63) is 47.5 Å². The monoisotopic (exact) mass is 535 g/mol. The molecule has 0 radical (unpaired) electrons. The van der Waals surface area contributed by atoms with Gasteiger partial charge < -0.3 is 15.1 Å². The zero-order valence-electron chi connectivity index (χ0n) is 23.3.